The highest BCUT2D eigenvalue weighted by atomic mass is 32.2. The standard InChI is InChI=1S/C50H77N9O13S/c1-7-8-9-10-11-12-13-14-15-16-17-18-19-20-41(63)58(4)38(25-26-60)48(68)56-44(51)50(70)52-30-42(64)59(5)43-34-22-24-40(62)36(29-34)35-27-33(21-23-39(35)61)28-37(55-45(65)31(2)54-49(43)69)47(67)53-32(3)46(66)57-73(6,71)72/h21-24,27,29,31-32,37-38,43-44,60-62H,7-20,25-26,28,30,51H2,1-6H3,(H,52,70)(H,53,67)(H,54,69)(H,55,65)(H,56,68)(H,57,66)/t31-,32-,37-,38+,43-,44-/m0/s1. The van der Waals surface area contributed by atoms with E-state index < -0.39 is 101 Å². The summed E-state index contributed by atoms with van der Waals surface area (Å²) in [6.45, 7) is 3.52. The lowest BCUT2D eigenvalue weighted by atomic mass is 9.93. The van der Waals surface area contributed by atoms with Gasteiger partial charge in [-0.3, -0.25) is 43.1 Å². The zero-order valence-electron chi connectivity index (χ0n) is 43.0. The largest absolute Gasteiger partial charge is 0.507 e. The molecule has 1 heterocycles. The molecular formula is C50H77N9O13S. The van der Waals surface area contributed by atoms with Crippen LogP contribution in [0.4, 0.5) is 0 Å². The summed E-state index contributed by atoms with van der Waals surface area (Å²) in [6.07, 6.45) is 13.7. The van der Waals surface area contributed by atoms with Gasteiger partial charge in [0.05, 0.1) is 12.8 Å². The van der Waals surface area contributed by atoms with Gasteiger partial charge in [-0.25, -0.2) is 8.42 Å². The monoisotopic (exact) mass is 1040 g/mol. The smallest absolute Gasteiger partial charge is 0.257 e. The van der Waals surface area contributed by atoms with Crippen LogP contribution in [0.25, 0.3) is 11.1 Å². The molecule has 23 heteroatoms. The van der Waals surface area contributed by atoms with E-state index in [1.54, 1.807) is 4.72 Å². The predicted molar refractivity (Wildman–Crippen MR) is 272 cm³/mol. The molecule has 0 unspecified atom stereocenters. The fourth-order valence-electron chi connectivity index (χ4n) is 8.29. The Bertz CT molecular complexity index is 2350. The maximum atomic E-state index is 14.2. The third kappa shape index (κ3) is 19.9. The number of likely N-dealkylation sites (N-methyl/N-ethyl adjacent to an activating group) is 2. The minimum atomic E-state index is -3.98. The number of unbranched alkanes of at least 4 members (excludes halogenated alkanes) is 12. The maximum absolute atomic E-state index is 14.2. The Hall–Kier alpha value is -6.33. The molecule has 0 aromatic heterocycles. The van der Waals surface area contributed by atoms with E-state index in [1.807, 2.05) is 0 Å². The second kappa shape index (κ2) is 30.0. The van der Waals surface area contributed by atoms with Crippen LogP contribution in [0.2, 0.25) is 0 Å². The summed E-state index contributed by atoms with van der Waals surface area (Å²) < 4.78 is 25.0. The van der Waals surface area contributed by atoms with Crippen molar-refractivity contribution in [3.05, 3.63) is 47.5 Å². The molecule has 0 saturated heterocycles. The summed E-state index contributed by atoms with van der Waals surface area (Å²) in [5, 5.41) is 43.8. The molecule has 1 aliphatic rings. The van der Waals surface area contributed by atoms with Crippen LogP contribution in [0.3, 0.4) is 0 Å². The van der Waals surface area contributed by atoms with E-state index in [0.717, 1.165) is 36.8 Å². The lowest BCUT2D eigenvalue weighted by molar-refractivity contribution is -0.141. The first-order chi connectivity index (χ1) is 34.5. The number of nitrogens with two attached hydrogens (primary N) is 1. The lowest BCUT2D eigenvalue weighted by Crippen LogP contribution is -2.58. The van der Waals surface area contributed by atoms with Gasteiger partial charge >= 0.3 is 0 Å². The average Bonchev–Trinajstić information content (AvgIpc) is 3.33. The number of carbonyl (C=O) groups is 8. The van der Waals surface area contributed by atoms with Gasteiger partial charge in [0.2, 0.25) is 45.5 Å². The number of rotatable bonds is 27. The lowest BCUT2D eigenvalue weighted by Gasteiger charge is -2.30. The molecule has 406 valence electrons. The van der Waals surface area contributed by atoms with E-state index in [2.05, 4.69) is 33.5 Å². The van der Waals surface area contributed by atoms with Crippen molar-refractivity contribution in [1.82, 2.24) is 41.1 Å². The Kier molecular flexibility index (Phi) is 25.1. The highest BCUT2D eigenvalue weighted by Crippen LogP contribution is 2.38. The molecule has 2 aromatic carbocycles. The molecule has 3 rings (SSSR count). The summed E-state index contributed by atoms with van der Waals surface area (Å²) in [7, 11) is -1.32. The van der Waals surface area contributed by atoms with Gasteiger partial charge in [0, 0.05) is 44.7 Å². The number of hydrogen-bond acceptors (Lipinski definition) is 14. The summed E-state index contributed by atoms with van der Waals surface area (Å²) in [4.78, 5) is 109. The van der Waals surface area contributed by atoms with E-state index >= 15 is 0 Å². The van der Waals surface area contributed by atoms with Crippen molar-refractivity contribution in [1.29, 1.82) is 0 Å². The molecule has 0 saturated carbocycles. The number of benzene rings is 2. The van der Waals surface area contributed by atoms with Crippen molar-refractivity contribution < 1.29 is 62.1 Å². The van der Waals surface area contributed by atoms with Crippen LogP contribution in [-0.2, 0) is 54.8 Å². The van der Waals surface area contributed by atoms with Crippen LogP contribution in [0.15, 0.2) is 36.4 Å². The SMILES string of the molecule is CCCCCCCCCCCCCCCC(=O)N(C)[C@H](CCO)C(=O)N[C@H](N)C(=O)NCC(=O)N(C)[C@@H]1C(=O)N[C@@H](C)C(=O)N[C@H](C(=O)N[C@@H](C)C(=O)NS(C)(=O)=O)Cc2ccc(O)c(c2)-c2cc1ccc2O. The van der Waals surface area contributed by atoms with Gasteiger partial charge in [-0.05, 0) is 62.1 Å². The third-order valence-corrected chi connectivity index (χ3v) is 13.2. The van der Waals surface area contributed by atoms with Crippen molar-refractivity contribution >= 4 is 57.3 Å². The quantitative estimate of drug-likeness (QED) is 0.0449. The van der Waals surface area contributed by atoms with Crippen molar-refractivity contribution in [2.45, 2.75) is 160 Å². The van der Waals surface area contributed by atoms with E-state index in [9.17, 15) is 62.1 Å². The molecule has 22 nitrogen and oxygen atoms in total. The first-order valence-electron chi connectivity index (χ1n) is 25.0. The molecular weight excluding hydrogens is 967 g/mol. The number of aliphatic hydroxyl groups excluding tert-OH is 1. The van der Waals surface area contributed by atoms with Crippen LogP contribution in [0.5, 0.6) is 11.5 Å². The van der Waals surface area contributed by atoms with Gasteiger partial charge in [-0.15, -0.1) is 0 Å². The number of amides is 8. The summed E-state index contributed by atoms with van der Waals surface area (Å²) in [5.74, 6) is -7.48. The van der Waals surface area contributed by atoms with Gasteiger partial charge in [0.1, 0.15) is 41.7 Å². The fourth-order valence-corrected chi connectivity index (χ4v) is 8.83. The van der Waals surface area contributed by atoms with Crippen molar-refractivity contribution in [2.24, 2.45) is 5.73 Å². The number of hydrogen-bond donors (Lipinski definition) is 10. The van der Waals surface area contributed by atoms with Gasteiger partial charge in [0.15, 0.2) is 6.17 Å². The van der Waals surface area contributed by atoms with Gasteiger partial charge < -0.3 is 57.4 Å². The highest BCUT2D eigenvalue weighted by Gasteiger charge is 2.35. The Morgan fingerprint density at radius 3 is 1.90 bits per heavy atom. The zero-order valence-corrected chi connectivity index (χ0v) is 43.8. The summed E-state index contributed by atoms with van der Waals surface area (Å²) in [5.41, 5.74) is 6.49. The Balaban J connectivity index is 1.70. The number of nitrogens with zero attached hydrogens (tertiary/aromatic N) is 2. The van der Waals surface area contributed by atoms with Gasteiger partial charge in [0.25, 0.3) is 11.8 Å². The normalized spacial score (nSPS) is 17.1. The highest BCUT2D eigenvalue weighted by molar-refractivity contribution is 7.89. The van der Waals surface area contributed by atoms with Crippen molar-refractivity contribution in [3.63, 3.8) is 0 Å². The van der Waals surface area contributed by atoms with E-state index in [4.69, 9.17) is 5.73 Å². The number of fused-ring (bicyclic) bond motifs is 5. The number of carbonyl (C=O) groups excluding carboxylic acids is 8. The van der Waals surface area contributed by atoms with Gasteiger partial charge in [-0.1, -0.05) is 96.1 Å². The molecule has 6 atom stereocenters. The maximum Gasteiger partial charge on any atom is 0.257 e. The van der Waals surface area contributed by atoms with Crippen LogP contribution in [-0.4, -0.2) is 145 Å². The molecule has 0 aliphatic carbocycles. The van der Waals surface area contributed by atoms with E-state index in [-0.39, 0.29) is 53.4 Å². The van der Waals surface area contributed by atoms with Crippen LogP contribution in [0.1, 0.15) is 134 Å². The first-order valence-corrected chi connectivity index (χ1v) is 26.9. The second-order valence-electron chi connectivity index (χ2n) is 18.7. The number of phenols is 2. The van der Waals surface area contributed by atoms with E-state index in [1.165, 1.54) is 121 Å². The number of aliphatic hydroxyl groups is 1. The summed E-state index contributed by atoms with van der Waals surface area (Å²) in [6, 6.07) is 1.09. The van der Waals surface area contributed by atoms with E-state index in [0.29, 0.717) is 12.0 Å². The Morgan fingerprint density at radius 2 is 1.33 bits per heavy atom. The molecule has 4 bridgehead atoms. The Labute approximate surface area is 428 Å². The molecule has 0 spiro atoms. The van der Waals surface area contributed by atoms with Crippen molar-refractivity contribution in [2.75, 3.05) is 33.5 Å². The second-order valence-corrected chi connectivity index (χ2v) is 20.5. The topological polar surface area (TPSA) is 336 Å². The molecule has 0 fully saturated rings. The van der Waals surface area contributed by atoms with Crippen LogP contribution in [0, 0.1) is 0 Å². The number of aromatic hydroxyl groups is 2. The predicted octanol–water partition coefficient (Wildman–Crippen LogP) is 1.60. The zero-order chi connectivity index (χ0) is 54.4. The molecule has 2 aromatic rings. The first kappa shape index (κ1) is 61.0. The molecule has 0 radical (unpaired) electrons. The number of phenolic OH excluding ortho intramolecular Hbond substituents is 2. The average molecular weight is 1040 g/mol. The minimum absolute atomic E-state index is 0.00170. The van der Waals surface area contributed by atoms with Crippen LogP contribution < -0.4 is 37.0 Å². The third-order valence-electron chi connectivity index (χ3n) is 12.6. The number of nitrogens with one attached hydrogen (secondary N) is 6. The Morgan fingerprint density at radius 1 is 0.767 bits per heavy atom. The molecule has 8 amide bonds. The van der Waals surface area contributed by atoms with Gasteiger partial charge in [-0.2, -0.15) is 0 Å². The minimum Gasteiger partial charge on any atom is -0.507 e. The van der Waals surface area contributed by atoms with Crippen LogP contribution >= 0.6 is 0 Å². The molecule has 1 aliphatic heterocycles. The fraction of sp³-hybridized carbons (Fsp3) is 0.600. The molecule has 73 heavy (non-hydrogen) atoms. The van der Waals surface area contributed by atoms with Crippen molar-refractivity contribution in [3.8, 4) is 22.6 Å². The number of sulfonamides is 1. The summed E-state index contributed by atoms with van der Waals surface area (Å²) >= 11 is 0. The molecule has 11 N–H and O–H groups in total.